The van der Waals surface area contributed by atoms with Crippen LogP contribution in [-0.4, -0.2) is 19.3 Å². The van der Waals surface area contributed by atoms with Crippen LogP contribution >= 0.6 is 0 Å². The van der Waals surface area contributed by atoms with Crippen molar-refractivity contribution >= 4 is 9.84 Å². The largest absolute Gasteiger partial charge is 0.388 e. The summed E-state index contributed by atoms with van der Waals surface area (Å²) in [7, 11) is -4.81. The fourth-order valence-corrected chi connectivity index (χ4v) is 3.02. The maximum Gasteiger partial charge on any atom is 0.341 e. The van der Waals surface area contributed by atoms with Crippen LogP contribution in [0.15, 0.2) is 17.0 Å². The summed E-state index contributed by atoms with van der Waals surface area (Å²) in [6.45, 7) is 0. The van der Waals surface area contributed by atoms with Gasteiger partial charge in [0.2, 0.25) is 9.84 Å². The van der Waals surface area contributed by atoms with Crippen LogP contribution in [0.25, 0.3) is 0 Å². The minimum Gasteiger partial charge on any atom is -0.388 e. The molecule has 0 bridgehead atoms. The second-order valence-corrected chi connectivity index (χ2v) is 5.68. The smallest absolute Gasteiger partial charge is 0.341 e. The number of rotatable bonds is 2. The van der Waals surface area contributed by atoms with E-state index in [4.69, 9.17) is 0 Å². The molecule has 1 aromatic rings. The molecular weight excluding hydrogens is 257 g/mol. The molecule has 0 saturated carbocycles. The first kappa shape index (κ1) is 12.4. The minimum atomic E-state index is -4.81. The van der Waals surface area contributed by atoms with Crippen molar-refractivity contribution in [1.82, 2.24) is 0 Å². The third-order valence-electron chi connectivity index (χ3n) is 2.80. The predicted molar refractivity (Wildman–Crippen MR) is 52.9 cm³/mol. The number of sulfone groups is 1. The SMILES string of the molecule is O=S(=O)(c1ccc(F)c2c1C(O)CC2)C(F)F. The lowest BCUT2D eigenvalue weighted by atomic mass is 10.1. The summed E-state index contributed by atoms with van der Waals surface area (Å²) in [5.74, 6) is -4.25. The van der Waals surface area contributed by atoms with E-state index in [1.54, 1.807) is 0 Å². The van der Waals surface area contributed by atoms with E-state index in [2.05, 4.69) is 0 Å². The zero-order valence-electron chi connectivity index (χ0n) is 8.53. The number of aliphatic hydroxyl groups is 1. The third kappa shape index (κ3) is 1.83. The Morgan fingerprint density at radius 3 is 2.59 bits per heavy atom. The van der Waals surface area contributed by atoms with Gasteiger partial charge in [0, 0.05) is 5.56 Å². The molecule has 94 valence electrons. The van der Waals surface area contributed by atoms with E-state index in [0.29, 0.717) is 0 Å². The molecule has 0 spiro atoms. The number of alkyl halides is 2. The van der Waals surface area contributed by atoms with Gasteiger partial charge in [-0.25, -0.2) is 12.8 Å². The molecular formula is C10H9F3O3S. The number of aliphatic hydroxyl groups excluding tert-OH is 1. The van der Waals surface area contributed by atoms with Crippen molar-refractivity contribution in [3.05, 3.63) is 29.1 Å². The highest BCUT2D eigenvalue weighted by atomic mass is 32.2. The fourth-order valence-electron chi connectivity index (χ4n) is 2.01. The Kier molecular flexibility index (Phi) is 2.90. The molecule has 2 rings (SSSR count). The standard InChI is InChI=1S/C10H9F3O3S/c11-6-2-4-8(17(15,16)10(12)13)9-5(6)1-3-7(9)14/h2,4,7,10,14H,1,3H2. The quantitative estimate of drug-likeness (QED) is 0.830. The van der Waals surface area contributed by atoms with Crippen LogP contribution in [0, 0.1) is 5.82 Å². The highest BCUT2D eigenvalue weighted by Crippen LogP contribution is 2.38. The number of hydrogen-bond donors (Lipinski definition) is 1. The fraction of sp³-hybridized carbons (Fsp3) is 0.400. The Labute approximate surface area is 95.8 Å². The van der Waals surface area contributed by atoms with Crippen molar-refractivity contribution in [2.24, 2.45) is 0 Å². The molecule has 1 aromatic carbocycles. The van der Waals surface area contributed by atoms with Crippen molar-refractivity contribution in [3.8, 4) is 0 Å². The van der Waals surface area contributed by atoms with Crippen LogP contribution in [0.4, 0.5) is 13.2 Å². The zero-order chi connectivity index (χ0) is 12.8. The number of hydrogen-bond acceptors (Lipinski definition) is 3. The van der Waals surface area contributed by atoms with E-state index in [0.717, 1.165) is 12.1 Å². The lowest BCUT2D eigenvalue weighted by Gasteiger charge is -2.12. The first-order valence-corrected chi connectivity index (χ1v) is 6.41. The van der Waals surface area contributed by atoms with E-state index in [-0.39, 0.29) is 24.0 Å². The lowest BCUT2D eigenvalue weighted by molar-refractivity contribution is 0.176. The van der Waals surface area contributed by atoms with E-state index in [9.17, 15) is 26.7 Å². The molecule has 1 aliphatic carbocycles. The van der Waals surface area contributed by atoms with Crippen LogP contribution in [-0.2, 0) is 16.3 Å². The van der Waals surface area contributed by atoms with Gasteiger partial charge in [0.25, 0.3) is 0 Å². The Morgan fingerprint density at radius 2 is 2.00 bits per heavy atom. The van der Waals surface area contributed by atoms with Gasteiger partial charge in [0.05, 0.1) is 11.0 Å². The molecule has 0 fully saturated rings. The summed E-state index contributed by atoms with van der Waals surface area (Å²) in [5, 5.41) is 9.56. The summed E-state index contributed by atoms with van der Waals surface area (Å²) in [6, 6.07) is 1.62. The first-order valence-electron chi connectivity index (χ1n) is 4.87. The van der Waals surface area contributed by atoms with Gasteiger partial charge in [-0.15, -0.1) is 0 Å². The monoisotopic (exact) mass is 266 g/mol. The van der Waals surface area contributed by atoms with Gasteiger partial charge in [-0.1, -0.05) is 0 Å². The van der Waals surface area contributed by atoms with Crippen molar-refractivity contribution in [2.45, 2.75) is 29.6 Å². The second-order valence-electron chi connectivity index (χ2n) is 3.80. The van der Waals surface area contributed by atoms with Gasteiger partial charge < -0.3 is 5.11 Å². The summed E-state index contributed by atoms with van der Waals surface area (Å²) in [6.07, 6.45) is -0.916. The van der Waals surface area contributed by atoms with Gasteiger partial charge >= 0.3 is 5.76 Å². The summed E-state index contributed by atoms with van der Waals surface area (Å²) in [4.78, 5) is -0.672. The third-order valence-corrected chi connectivity index (χ3v) is 4.24. The average Bonchev–Trinajstić information content (AvgIpc) is 2.62. The molecule has 0 aromatic heterocycles. The maximum atomic E-state index is 13.3. The summed E-state index contributed by atoms with van der Waals surface area (Å²) < 4.78 is 60.9. The Hall–Kier alpha value is -1.08. The Morgan fingerprint density at radius 1 is 1.35 bits per heavy atom. The van der Waals surface area contributed by atoms with Crippen LogP contribution in [0.5, 0.6) is 0 Å². The number of halogens is 3. The van der Waals surface area contributed by atoms with Crippen molar-refractivity contribution in [2.75, 3.05) is 0 Å². The van der Waals surface area contributed by atoms with Gasteiger partial charge in [0.1, 0.15) is 5.82 Å². The summed E-state index contributed by atoms with van der Waals surface area (Å²) >= 11 is 0. The normalized spacial score (nSPS) is 19.7. The van der Waals surface area contributed by atoms with Gasteiger partial charge in [-0.3, -0.25) is 0 Å². The molecule has 3 nitrogen and oxygen atoms in total. The Bertz CT molecular complexity index is 554. The zero-order valence-corrected chi connectivity index (χ0v) is 9.35. The highest BCUT2D eigenvalue weighted by Gasteiger charge is 2.35. The highest BCUT2D eigenvalue weighted by molar-refractivity contribution is 7.91. The van der Waals surface area contributed by atoms with Crippen LogP contribution < -0.4 is 0 Å². The van der Waals surface area contributed by atoms with Crippen molar-refractivity contribution in [1.29, 1.82) is 0 Å². The number of benzene rings is 1. The van der Waals surface area contributed by atoms with Gasteiger partial charge in [-0.2, -0.15) is 8.78 Å². The molecule has 0 radical (unpaired) electrons. The van der Waals surface area contributed by atoms with E-state index in [1.165, 1.54) is 0 Å². The molecule has 0 heterocycles. The number of fused-ring (bicyclic) bond motifs is 1. The lowest BCUT2D eigenvalue weighted by Crippen LogP contribution is -2.15. The van der Waals surface area contributed by atoms with E-state index >= 15 is 0 Å². The van der Waals surface area contributed by atoms with Crippen LogP contribution in [0.3, 0.4) is 0 Å². The van der Waals surface area contributed by atoms with E-state index in [1.807, 2.05) is 0 Å². The van der Waals surface area contributed by atoms with Crippen LogP contribution in [0.1, 0.15) is 23.7 Å². The summed E-state index contributed by atoms with van der Waals surface area (Å²) in [5.41, 5.74) is -0.204. The Balaban J connectivity index is 2.70. The minimum absolute atomic E-state index is 0.0132. The molecule has 0 amide bonds. The van der Waals surface area contributed by atoms with E-state index < -0.39 is 32.4 Å². The second kappa shape index (κ2) is 3.99. The van der Waals surface area contributed by atoms with Crippen molar-refractivity contribution < 1.29 is 26.7 Å². The van der Waals surface area contributed by atoms with Crippen LogP contribution in [0.2, 0.25) is 0 Å². The first-order chi connectivity index (χ1) is 7.85. The maximum absolute atomic E-state index is 13.3. The molecule has 7 heteroatoms. The van der Waals surface area contributed by atoms with Gasteiger partial charge in [-0.05, 0) is 30.5 Å². The molecule has 1 aliphatic rings. The van der Waals surface area contributed by atoms with Gasteiger partial charge in [0.15, 0.2) is 0 Å². The topological polar surface area (TPSA) is 54.4 Å². The molecule has 1 N–H and O–H groups in total. The molecule has 1 atom stereocenters. The average molecular weight is 266 g/mol. The molecule has 1 unspecified atom stereocenters. The molecule has 0 aliphatic heterocycles. The molecule has 17 heavy (non-hydrogen) atoms. The predicted octanol–water partition coefficient (Wildman–Crippen LogP) is 1.80. The molecule has 0 saturated heterocycles. The van der Waals surface area contributed by atoms with Crippen molar-refractivity contribution in [3.63, 3.8) is 0 Å².